The quantitative estimate of drug-likeness (QED) is 0.565. The molecule has 0 aromatic rings. The lowest BCUT2D eigenvalue weighted by atomic mass is 9.85. The molecule has 1 aliphatic rings. The van der Waals surface area contributed by atoms with Crippen LogP contribution in [0.3, 0.4) is 0 Å². The summed E-state index contributed by atoms with van der Waals surface area (Å²) in [6, 6.07) is 0. The monoisotopic (exact) mass is 298 g/mol. The van der Waals surface area contributed by atoms with Gasteiger partial charge in [0.15, 0.2) is 6.23 Å². The van der Waals surface area contributed by atoms with Gasteiger partial charge in [0.1, 0.15) is 6.10 Å². The number of rotatable bonds is 7. The molecule has 1 saturated heterocycles. The van der Waals surface area contributed by atoms with Gasteiger partial charge in [0.2, 0.25) is 12.3 Å². The van der Waals surface area contributed by atoms with Crippen molar-refractivity contribution in [3.8, 4) is 0 Å². The van der Waals surface area contributed by atoms with E-state index < -0.39 is 6.23 Å². The maximum Gasteiger partial charge on any atom is 0.245 e. The van der Waals surface area contributed by atoms with Crippen molar-refractivity contribution in [2.75, 3.05) is 14.2 Å². The van der Waals surface area contributed by atoms with Crippen LogP contribution in [0, 0.1) is 11.8 Å². The second kappa shape index (κ2) is 8.14. The van der Waals surface area contributed by atoms with E-state index in [1.54, 1.807) is 7.11 Å². The topological polar surface area (TPSA) is 67.9 Å². The van der Waals surface area contributed by atoms with Crippen LogP contribution in [0.25, 0.3) is 0 Å². The van der Waals surface area contributed by atoms with Crippen LogP contribution < -0.4 is 5.32 Å². The van der Waals surface area contributed by atoms with Crippen LogP contribution in [0.2, 0.25) is 0 Å². The Morgan fingerprint density at radius 3 is 2.57 bits per heavy atom. The van der Waals surface area contributed by atoms with Gasteiger partial charge in [0.25, 0.3) is 0 Å². The van der Waals surface area contributed by atoms with E-state index in [9.17, 15) is 9.59 Å². The van der Waals surface area contributed by atoms with Crippen molar-refractivity contribution in [3.05, 3.63) is 12.3 Å². The zero-order chi connectivity index (χ0) is 16.0. The van der Waals surface area contributed by atoms with E-state index >= 15 is 0 Å². The van der Waals surface area contributed by atoms with Gasteiger partial charge in [-0.1, -0.05) is 20.8 Å². The third-order valence-corrected chi connectivity index (χ3v) is 3.91. The molecule has 0 radical (unpaired) electrons. The molecule has 1 N–H and O–H groups in total. The Bertz CT molecular complexity index is 384. The molecular weight excluding hydrogens is 272 g/mol. The minimum Gasteiger partial charge on any atom is -0.376 e. The molecule has 1 heterocycles. The number of carbonyl (C=O) groups excluding carboxylic acids is 2. The lowest BCUT2D eigenvalue weighted by Gasteiger charge is -2.28. The highest BCUT2D eigenvalue weighted by atomic mass is 16.6. The molecule has 6 heteroatoms. The summed E-state index contributed by atoms with van der Waals surface area (Å²) in [6.07, 6.45) is 3.55. The van der Waals surface area contributed by atoms with Crippen molar-refractivity contribution >= 4 is 12.3 Å². The Morgan fingerprint density at radius 2 is 2.14 bits per heavy atom. The smallest absolute Gasteiger partial charge is 0.245 e. The summed E-state index contributed by atoms with van der Waals surface area (Å²) in [5.41, 5.74) is 0. The van der Waals surface area contributed by atoms with E-state index in [1.807, 2.05) is 0 Å². The summed E-state index contributed by atoms with van der Waals surface area (Å²) in [7, 11) is 3.16. The Morgan fingerprint density at radius 1 is 1.48 bits per heavy atom. The van der Waals surface area contributed by atoms with Crippen LogP contribution in [0.4, 0.5) is 0 Å². The maximum atomic E-state index is 11.3. The summed E-state index contributed by atoms with van der Waals surface area (Å²) >= 11 is 0. The third-order valence-electron chi connectivity index (χ3n) is 3.91. The van der Waals surface area contributed by atoms with E-state index in [4.69, 9.17) is 9.47 Å². The molecular formula is C15H26N2O4. The molecule has 4 atom stereocenters. The Labute approximate surface area is 126 Å². The normalized spacial score (nSPS) is 29.0. The van der Waals surface area contributed by atoms with Gasteiger partial charge in [-0.2, -0.15) is 0 Å². The summed E-state index contributed by atoms with van der Waals surface area (Å²) < 4.78 is 11.6. The highest BCUT2D eigenvalue weighted by Gasteiger charge is 2.47. The van der Waals surface area contributed by atoms with Gasteiger partial charge in [-0.25, -0.2) is 0 Å². The lowest BCUT2D eigenvalue weighted by Crippen LogP contribution is -2.41. The molecule has 0 aromatic heterocycles. The van der Waals surface area contributed by atoms with Gasteiger partial charge in [0.05, 0.1) is 6.10 Å². The van der Waals surface area contributed by atoms with Crippen molar-refractivity contribution in [1.29, 1.82) is 0 Å². The predicted octanol–water partition coefficient (Wildman–Crippen LogP) is 1.13. The molecule has 0 aromatic carbocycles. The minimum atomic E-state index is -0.509. The van der Waals surface area contributed by atoms with Crippen LogP contribution in [-0.2, 0) is 19.1 Å². The molecule has 1 fully saturated rings. The number of methoxy groups -OCH3 is 1. The number of ether oxygens (including phenoxy) is 2. The second-order valence-corrected chi connectivity index (χ2v) is 5.48. The fourth-order valence-corrected chi connectivity index (χ4v) is 2.86. The van der Waals surface area contributed by atoms with E-state index in [0.29, 0.717) is 12.3 Å². The largest absolute Gasteiger partial charge is 0.376 e. The summed E-state index contributed by atoms with van der Waals surface area (Å²) in [6.45, 7) is 6.30. The molecule has 2 amide bonds. The van der Waals surface area contributed by atoms with Crippen molar-refractivity contribution in [2.24, 2.45) is 11.8 Å². The van der Waals surface area contributed by atoms with Gasteiger partial charge in [-0.15, -0.1) is 0 Å². The first-order valence-corrected chi connectivity index (χ1v) is 7.31. The summed E-state index contributed by atoms with van der Waals surface area (Å²) in [5, 5.41) is 2.47. The third kappa shape index (κ3) is 4.04. The van der Waals surface area contributed by atoms with Crippen molar-refractivity contribution in [1.82, 2.24) is 10.2 Å². The van der Waals surface area contributed by atoms with Crippen LogP contribution >= 0.6 is 0 Å². The molecule has 21 heavy (non-hydrogen) atoms. The zero-order valence-corrected chi connectivity index (χ0v) is 13.4. The highest BCUT2D eigenvalue weighted by Crippen LogP contribution is 2.37. The number of nitrogens with one attached hydrogen (secondary N) is 1. The van der Waals surface area contributed by atoms with Crippen LogP contribution in [-0.4, -0.2) is 49.8 Å². The van der Waals surface area contributed by atoms with E-state index in [0.717, 1.165) is 6.42 Å². The second-order valence-electron chi connectivity index (χ2n) is 5.48. The molecule has 0 bridgehead atoms. The van der Waals surface area contributed by atoms with Crippen molar-refractivity contribution in [2.45, 2.75) is 45.6 Å². The molecule has 0 aliphatic carbocycles. The van der Waals surface area contributed by atoms with Gasteiger partial charge < -0.3 is 14.8 Å². The fourth-order valence-electron chi connectivity index (χ4n) is 2.86. The number of hydrogen-bond acceptors (Lipinski definition) is 4. The summed E-state index contributed by atoms with van der Waals surface area (Å²) in [5.74, 6) is 0.309. The first-order chi connectivity index (χ1) is 9.99. The number of hydrogen-bond donors (Lipinski definition) is 1. The molecule has 6 nitrogen and oxygen atoms in total. The maximum absolute atomic E-state index is 11.3. The first kappa shape index (κ1) is 17.7. The summed E-state index contributed by atoms with van der Waals surface area (Å²) in [4.78, 5) is 24.0. The van der Waals surface area contributed by atoms with Gasteiger partial charge in [0, 0.05) is 32.4 Å². The highest BCUT2D eigenvalue weighted by molar-refractivity contribution is 5.87. The first-order valence-electron chi connectivity index (χ1n) is 7.31. The van der Waals surface area contributed by atoms with Gasteiger partial charge in [-0.05, 0) is 12.3 Å². The van der Waals surface area contributed by atoms with E-state index in [2.05, 4.69) is 26.1 Å². The fraction of sp³-hybridized carbons (Fsp3) is 0.733. The van der Waals surface area contributed by atoms with Crippen molar-refractivity contribution < 1.29 is 19.1 Å². The Hall–Kier alpha value is -1.40. The van der Waals surface area contributed by atoms with Gasteiger partial charge in [-0.3, -0.25) is 14.5 Å². The average Bonchev–Trinajstić information content (AvgIpc) is 2.86. The predicted molar refractivity (Wildman–Crippen MR) is 79.2 cm³/mol. The molecule has 1 aliphatic heterocycles. The van der Waals surface area contributed by atoms with E-state index in [1.165, 1.54) is 24.2 Å². The van der Waals surface area contributed by atoms with Crippen LogP contribution in [0.5, 0.6) is 0 Å². The minimum absolute atomic E-state index is 0.0378. The lowest BCUT2D eigenvalue weighted by molar-refractivity contribution is -0.133. The van der Waals surface area contributed by atoms with E-state index in [-0.39, 0.29) is 24.0 Å². The number of amides is 2. The molecule has 0 spiro atoms. The zero-order valence-electron chi connectivity index (χ0n) is 13.4. The Kier molecular flexibility index (Phi) is 6.84. The average molecular weight is 298 g/mol. The molecule has 0 saturated carbocycles. The standard InChI is InChI=1S/C15H26N2O4/c1-6-11-13(10(2)3)14(20-5)15(21-11)17(9-18)8-7-12(19)16-4/h7-11,13-15H,6H2,1-5H3,(H,16,19)/b8-7-. The van der Waals surface area contributed by atoms with Crippen LogP contribution in [0.15, 0.2) is 12.3 Å². The van der Waals surface area contributed by atoms with Crippen molar-refractivity contribution in [3.63, 3.8) is 0 Å². The van der Waals surface area contributed by atoms with Gasteiger partial charge >= 0.3 is 0 Å². The SMILES string of the molecule is CCC1OC(N(C=O)/C=C\C(=O)NC)C(OC)C1C(C)C. The Balaban J connectivity index is 2.95. The van der Waals surface area contributed by atoms with Crippen LogP contribution in [0.1, 0.15) is 27.2 Å². The number of nitrogens with zero attached hydrogens (tertiary/aromatic N) is 1. The molecule has 4 unspecified atom stereocenters. The molecule has 1 rings (SSSR count). The number of likely N-dealkylation sites (N-methyl/N-ethyl adjacent to an activating group) is 1. The number of carbonyl (C=O) groups is 2. The molecule has 120 valence electrons.